The molecule has 0 aromatic heterocycles. The van der Waals surface area contributed by atoms with Crippen molar-refractivity contribution in [1.82, 2.24) is 0 Å². The van der Waals surface area contributed by atoms with Crippen molar-refractivity contribution in [2.75, 3.05) is 0 Å². The van der Waals surface area contributed by atoms with Gasteiger partial charge in [0.2, 0.25) is 0 Å². The van der Waals surface area contributed by atoms with Crippen LogP contribution in [0.5, 0.6) is 0 Å². The molecular weight excluding hydrogens is 272 g/mol. The molecule has 0 saturated carbocycles. The molecule has 20 heavy (non-hydrogen) atoms. The van der Waals surface area contributed by atoms with Crippen LogP contribution >= 0.6 is 11.8 Å². The van der Waals surface area contributed by atoms with E-state index in [2.05, 4.69) is 0 Å². The second-order valence-electron chi connectivity index (χ2n) is 4.32. The molecule has 0 spiro atoms. The summed E-state index contributed by atoms with van der Waals surface area (Å²) in [5.41, 5.74) is 2.49. The summed E-state index contributed by atoms with van der Waals surface area (Å²) < 4.78 is 0. The fraction of sp³-hybridized carbons (Fsp3) is 0.125. The van der Waals surface area contributed by atoms with Gasteiger partial charge in [-0.25, -0.2) is 0 Å². The number of carboxylic acid groups (broad SMARTS) is 1. The standard InChI is InChI=1S/C16H14O3S/c17-10-12-4-3-7-15(8-12)20-11-14-6-2-1-5-13(14)9-16(18)19/h1-8,10H,9,11H2,(H,18,19). The highest BCUT2D eigenvalue weighted by Crippen LogP contribution is 2.25. The normalized spacial score (nSPS) is 10.2. The monoisotopic (exact) mass is 286 g/mol. The molecule has 102 valence electrons. The van der Waals surface area contributed by atoms with Crippen molar-refractivity contribution in [3.05, 3.63) is 65.2 Å². The maximum Gasteiger partial charge on any atom is 0.307 e. The van der Waals surface area contributed by atoms with Gasteiger partial charge in [-0.05, 0) is 23.3 Å². The SMILES string of the molecule is O=Cc1cccc(SCc2ccccc2CC(=O)O)c1. The number of thioether (sulfide) groups is 1. The van der Waals surface area contributed by atoms with Gasteiger partial charge in [0.25, 0.3) is 0 Å². The molecule has 0 amide bonds. The van der Waals surface area contributed by atoms with E-state index in [1.807, 2.05) is 42.5 Å². The predicted octanol–water partition coefficient (Wildman–Crippen LogP) is 3.42. The van der Waals surface area contributed by atoms with Crippen LogP contribution in [-0.2, 0) is 17.0 Å². The number of carbonyl (C=O) groups excluding carboxylic acids is 1. The molecule has 0 aliphatic heterocycles. The first kappa shape index (κ1) is 14.3. The molecular formula is C16H14O3S. The Bertz CT molecular complexity index is 623. The van der Waals surface area contributed by atoms with Crippen molar-refractivity contribution in [1.29, 1.82) is 0 Å². The first-order chi connectivity index (χ1) is 9.69. The number of rotatable bonds is 6. The van der Waals surface area contributed by atoms with E-state index in [0.717, 1.165) is 22.3 Å². The van der Waals surface area contributed by atoms with Crippen LogP contribution in [0.4, 0.5) is 0 Å². The van der Waals surface area contributed by atoms with Gasteiger partial charge in [-0.2, -0.15) is 0 Å². The highest BCUT2D eigenvalue weighted by Gasteiger charge is 2.06. The first-order valence-electron chi connectivity index (χ1n) is 6.15. The number of hydrogen-bond acceptors (Lipinski definition) is 3. The summed E-state index contributed by atoms with van der Waals surface area (Å²) in [6.07, 6.45) is 0.855. The quantitative estimate of drug-likeness (QED) is 0.653. The Balaban J connectivity index is 2.10. The summed E-state index contributed by atoms with van der Waals surface area (Å²) in [5.74, 6) is -0.142. The topological polar surface area (TPSA) is 54.4 Å². The lowest BCUT2D eigenvalue weighted by molar-refractivity contribution is -0.136. The number of carboxylic acids is 1. The minimum Gasteiger partial charge on any atom is -0.481 e. The van der Waals surface area contributed by atoms with Crippen LogP contribution in [0.2, 0.25) is 0 Å². The summed E-state index contributed by atoms with van der Waals surface area (Å²) in [7, 11) is 0. The van der Waals surface area contributed by atoms with Crippen LogP contribution in [0.15, 0.2) is 53.4 Å². The van der Waals surface area contributed by atoms with Gasteiger partial charge in [-0.1, -0.05) is 36.4 Å². The highest BCUT2D eigenvalue weighted by atomic mass is 32.2. The Morgan fingerprint density at radius 2 is 1.85 bits per heavy atom. The number of hydrogen-bond donors (Lipinski definition) is 1. The lowest BCUT2D eigenvalue weighted by atomic mass is 10.1. The fourth-order valence-electron chi connectivity index (χ4n) is 1.87. The Labute approximate surface area is 121 Å². The van der Waals surface area contributed by atoms with Gasteiger partial charge in [0.1, 0.15) is 6.29 Å². The van der Waals surface area contributed by atoms with Crippen LogP contribution in [-0.4, -0.2) is 17.4 Å². The summed E-state index contributed by atoms with van der Waals surface area (Å²) in [6.45, 7) is 0. The first-order valence-corrected chi connectivity index (χ1v) is 7.14. The van der Waals surface area contributed by atoms with Gasteiger partial charge < -0.3 is 5.11 Å². The average molecular weight is 286 g/mol. The van der Waals surface area contributed by atoms with Crippen LogP contribution in [0.1, 0.15) is 21.5 Å². The molecule has 0 unspecified atom stereocenters. The zero-order valence-electron chi connectivity index (χ0n) is 10.8. The largest absolute Gasteiger partial charge is 0.481 e. The van der Waals surface area contributed by atoms with Crippen molar-refractivity contribution >= 4 is 24.0 Å². The van der Waals surface area contributed by atoms with E-state index >= 15 is 0 Å². The van der Waals surface area contributed by atoms with E-state index in [-0.39, 0.29) is 6.42 Å². The van der Waals surface area contributed by atoms with Gasteiger partial charge in [0.15, 0.2) is 0 Å². The molecule has 0 aliphatic carbocycles. The Morgan fingerprint density at radius 3 is 2.55 bits per heavy atom. The second kappa shape index (κ2) is 6.91. The number of aldehydes is 1. The van der Waals surface area contributed by atoms with Crippen molar-refractivity contribution in [2.24, 2.45) is 0 Å². The minimum absolute atomic E-state index is 0.0328. The Morgan fingerprint density at radius 1 is 1.10 bits per heavy atom. The van der Waals surface area contributed by atoms with Gasteiger partial charge in [-0.15, -0.1) is 11.8 Å². The molecule has 0 saturated heterocycles. The lowest BCUT2D eigenvalue weighted by Gasteiger charge is -2.07. The summed E-state index contributed by atoms with van der Waals surface area (Å²) >= 11 is 1.59. The average Bonchev–Trinajstić information content (AvgIpc) is 2.46. The molecule has 4 heteroatoms. The summed E-state index contributed by atoms with van der Waals surface area (Å²) in [4.78, 5) is 22.6. The molecule has 0 aliphatic rings. The zero-order valence-corrected chi connectivity index (χ0v) is 11.6. The Kier molecular flexibility index (Phi) is 4.96. The smallest absolute Gasteiger partial charge is 0.307 e. The van der Waals surface area contributed by atoms with Crippen molar-refractivity contribution in [3.63, 3.8) is 0 Å². The fourth-order valence-corrected chi connectivity index (χ4v) is 2.87. The van der Waals surface area contributed by atoms with E-state index in [4.69, 9.17) is 5.11 Å². The van der Waals surface area contributed by atoms with E-state index in [9.17, 15) is 9.59 Å². The molecule has 1 N–H and O–H groups in total. The van der Waals surface area contributed by atoms with E-state index in [0.29, 0.717) is 11.3 Å². The molecule has 0 radical (unpaired) electrons. The number of benzene rings is 2. The molecule has 2 rings (SSSR count). The van der Waals surface area contributed by atoms with Crippen LogP contribution in [0.3, 0.4) is 0 Å². The van der Waals surface area contributed by atoms with Crippen LogP contribution < -0.4 is 0 Å². The molecule has 0 bridgehead atoms. The molecule has 3 nitrogen and oxygen atoms in total. The van der Waals surface area contributed by atoms with Gasteiger partial charge in [0, 0.05) is 16.2 Å². The van der Waals surface area contributed by atoms with Crippen molar-refractivity contribution < 1.29 is 14.7 Å². The molecule has 0 atom stereocenters. The van der Waals surface area contributed by atoms with E-state index in [1.54, 1.807) is 17.8 Å². The van der Waals surface area contributed by atoms with Gasteiger partial charge in [-0.3, -0.25) is 9.59 Å². The predicted molar refractivity (Wildman–Crippen MR) is 79.2 cm³/mol. The van der Waals surface area contributed by atoms with Crippen LogP contribution in [0.25, 0.3) is 0 Å². The molecule has 0 heterocycles. The third-order valence-electron chi connectivity index (χ3n) is 2.85. The second-order valence-corrected chi connectivity index (χ2v) is 5.37. The number of aliphatic carboxylic acids is 1. The highest BCUT2D eigenvalue weighted by molar-refractivity contribution is 7.98. The third kappa shape index (κ3) is 3.96. The van der Waals surface area contributed by atoms with E-state index < -0.39 is 5.97 Å². The lowest BCUT2D eigenvalue weighted by Crippen LogP contribution is -2.02. The van der Waals surface area contributed by atoms with Crippen LogP contribution in [0, 0.1) is 0 Å². The zero-order chi connectivity index (χ0) is 14.4. The molecule has 0 fully saturated rings. The maximum absolute atomic E-state index is 10.8. The summed E-state index contributed by atoms with van der Waals surface area (Å²) in [5, 5.41) is 8.90. The number of carbonyl (C=O) groups is 2. The molecule has 2 aromatic rings. The maximum atomic E-state index is 10.8. The Hall–Kier alpha value is -2.07. The van der Waals surface area contributed by atoms with Gasteiger partial charge in [0.05, 0.1) is 6.42 Å². The van der Waals surface area contributed by atoms with Crippen molar-refractivity contribution in [3.8, 4) is 0 Å². The van der Waals surface area contributed by atoms with Gasteiger partial charge >= 0.3 is 5.97 Å². The third-order valence-corrected chi connectivity index (χ3v) is 3.89. The van der Waals surface area contributed by atoms with Crippen molar-refractivity contribution in [2.45, 2.75) is 17.1 Å². The summed E-state index contributed by atoms with van der Waals surface area (Å²) in [6, 6.07) is 14.9. The van der Waals surface area contributed by atoms with E-state index in [1.165, 1.54) is 0 Å². The minimum atomic E-state index is -0.828. The molecule has 2 aromatic carbocycles.